The van der Waals surface area contributed by atoms with Gasteiger partial charge in [0.1, 0.15) is 17.2 Å². The minimum absolute atomic E-state index is 0.0555. The van der Waals surface area contributed by atoms with Gasteiger partial charge in [0.15, 0.2) is 5.75 Å². The summed E-state index contributed by atoms with van der Waals surface area (Å²) in [7, 11) is -9.15. The number of allylic oxidation sites excluding steroid dienone is 5. The van der Waals surface area contributed by atoms with Gasteiger partial charge in [0, 0.05) is 18.7 Å². The minimum atomic E-state index is -4.62. The Morgan fingerprint density at radius 2 is 1.01 bits per heavy atom. The number of carbonyl (C=O) groups is 1. The maximum atomic E-state index is 15.1. The average molecular weight is 983 g/mol. The van der Waals surface area contributed by atoms with Crippen molar-refractivity contribution in [2.24, 2.45) is 0 Å². The quantitative estimate of drug-likeness (QED) is 0.0340. The molecule has 1 aliphatic rings. The number of aromatic hydroxyl groups is 1. The van der Waals surface area contributed by atoms with Crippen LogP contribution in [0.5, 0.6) is 17.2 Å². The predicted octanol–water partition coefficient (Wildman–Crippen LogP) is 15.4. The Bertz CT molecular complexity index is 2780. The number of carbonyl (C=O) groups excluding carboxylic acids is 1. The summed E-state index contributed by atoms with van der Waals surface area (Å²) in [6.07, 6.45) is 9.96. The maximum absolute atomic E-state index is 15.1. The van der Waals surface area contributed by atoms with Crippen LogP contribution in [0.1, 0.15) is 86.0 Å². The third-order valence-corrected chi connectivity index (χ3v) is 13.9. The molecule has 14 heteroatoms. The van der Waals surface area contributed by atoms with Crippen molar-refractivity contribution in [3.8, 4) is 17.2 Å². The molecule has 0 aliphatic carbocycles. The molecule has 1 heterocycles. The van der Waals surface area contributed by atoms with Gasteiger partial charge in [0.25, 0.3) is 5.91 Å². The second-order valence-corrected chi connectivity index (χ2v) is 20.3. The van der Waals surface area contributed by atoms with E-state index in [4.69, 9.17) is 27.1 Å². The third kappa shape index (κ3) is 15.0. The number of phosphoric ester groups is 2. The number of benzene rings is 6. The van der Waals surface area contributed by atoms with Gasteiger partial charge >= 0.3 is 15.6 Å². The second-order valence-electron chi connectivity index (χ2n) is 17.1. The van der Waals surface area contributed by atoms with E-state index in [2.05, 4.69) is 38.2 Å². The lowest BCUT2D eigenvalue weighted by atomic mass is 10.1. The van der Waals surface area contributed by atoms with E-state index in [1.165, 1.54) is 34.2 Å². The van der Waals surface area contributed by atoms with Gasteiger partial charge in [-0.05, 0) is 87.8 Å². The summed E-state index contributed by atoms with van der Waals surface area (Å²) >= 11 is 0. The fraction of sp³-hybridized carbons (Fsp3) is 0.232. The molecule has 70 heavy (non-hydrogen) atoms. The van der Waals surface area contributed by atoms with Crippen molar-refractivity contribution < 1.29 is 46.2 Å². The lowest BCUT2D eigenvalue weighted by Gasteiger charge is -2.26. The molecule has 0 bridgehead atoms. The molecule has 0 spiro atoms. The first kappa shape index (κ1) is 51.4. The number of nitrogens with zero attached hydrogens (tertiary/aromatic N) is 1. The summed E-state index contributed by atoms with van der Waals surface area (Å²) in [5.74, 6) is -1.01. The zero-order chi connectivity index (χ0) is 49.4. The first-order chi connectivity index (χ1) is 33.8. The first-order valence-electron chi connectivity index (χ1n) is 23.2. The van der Waals surface area contributed by atoms with Gasteiger partial charge in [-0.3, -0.25) is 22.9 Å². The summed E-state index contributed by atoms with van der Waals surface area (Å²) < 4.78 is 67.0. The molecular formula is C56H60N2O10P2. The van der Waals surface area contributed by atoms with Gasteiger partial charge in [0.2, 0.25) is 0 Å². The molecule has 12 nitrogen and oxygen atoms in total. The van der Waals surface area contributed by atoms with E-state index in [1.54, 1.807) is 12.1 Å². The van der Waals surface area contributed by atoms with Crippen LogP contribution >= 0.6 is 15.6 Å². The predicted molar refractivity (Wildman–Crippen MR) is 276 cm³/mol. The number of phenolic OH excluding ortho intramolecular Hbond substituents is 1. The van der Waals surface area contributed by atoms with Gasteiger partial charge in [-0.1, -0.05) is 162 Å². The summed E-state index contributed by atoms with van der Waals surface area (Å²) in [5, 5.41) is 14.5. The topological polar surface area (TPSA) is 142 Å². The lowest BCUT2D eigenvalue weighted by molar-refractivity contribution is 0.0990. The Morgan fingerprint density at radius 3 is 1.50 bits per heavy atom. The summed E-state index contributed by atoms with van der Waals surface area (Å²) in [6, 6.07) is 44.1. The molecule has 0 unspecified atom stereocenters. The van der Waals surface area contributed by atoms with Crippen molar-refractivity contribution in [1.82, 2.24) is 0 Å². The fourth-order valence-corrected chi connectivity index (χ4v) is 9.71. The van der Waals surface area contributed by atoms with Crippen molar-refractivity contribution in [2.45, 2.75) is 79.8 Å². The van der Waals surface area contributed by atoms with Crippen LogP contribution in [-0.4, -0.2) is 17.6 Å². The van der Waals surface area contributed by atoms with Crippen LogP contribution in [0, 0.1) is 0 Å². The molecule has 0 aromatic heterocycles. The van der Waals surface area contributed by atoms with E-state index in [-0.39, 0.29) is 72.8 Å². The highest BCUT2D eigenvalue weighted by Gasteiger charge is 2.37. The van der Waals surface area contributed by atoms with Crippen LogP contribution in [0.2, 0.25) is 0 Å². The summed E-state index contributed by atoms with van der Waals surface area (Å²) in [4.78, 5) is 16.4. The zero-order valence-corrected chi connectivity index (χ0v) is 41.8. The highest BCUT2D eigenvalue weighted by molar-refractivity contribution is 7.49. The van der Waals surface area contributed by atoms with E-state index in [0.717, 1.165) is 31.3 Å². The number of phenols is 1. The lowest BCUT2D eigenvalue weighted by Crippen LogP contribution is -2.30. The molecule has 0 saturated heterocycles. The number of rotatable bonds is 24. The minimum Gasteiger partial charge on any atom is -0.506 e. The summed E-state index contributed by atoms with van der Waals surface area (Å²) in [6.45, 7) is 7.83. The Morgan fingerprint density at radius 1 is 0.557 bits per heavy atom. The Balaban J connectivity index is 1.32. The molecular weight excluding hydrogens is 923 g/mol. The van der Waals surface area contributed by atoms with Gasteiger partial charge < -0.3 is 24.4 Å². The number of hydrogen-bond donors (Lipinski definition) is 2. The van der Waals surface area contributed by atoms with E-state index in [9.17, 15) is 14.5 Å². The zero-order valence-electron chi connectivity index (χ0n) is 40.0. The van der Waals surface area contributed by atoms with Crippen molar-refractivity contribution >= 4 is 38.6 Å². The molecule has 7 rings (SSSR count). The van der Waals surface area contributed by atoms with Crippen molar-refractivity contribution in [2.75, 3.05) is 16.8 Å². The monoisotopic (exact) mass is 982 g/mol. The van der Waals surface area contributed by atoms with Crippen LogP contribution in [0.15, 0.2) is 187 Å². The molecule has 2 N–H and O–H groups in total. The number of hydrogen-bond acceptors (Lipinski definition) is 11. The van der Waals surface area contributed by atoms with Crippen molar-refractivity contribution in [1.29, 1.82) is 0 Å². The number of nitrogens with one attached hydrogen (secondary N) is 1. The fourth-order valence-electron chi connectivity index (χ4n) is 7.38. The van der Waals surface area contributed by atoms with Crippen molar-refractivity contribution in [3.05, 3.63) is 214 Å². The maximum Gasteiger partial charge on any atom is 0.530 e. The number of para-hydroxylation sites is 1. The van der Waals surface area contributed by atoms with E-state index < -0.39 is 21.6 Å². The SMILES string of the molecule is CC(C)=CCCC(C)=CCCC(C)=CCN1C(=O)c2cccc(O)c2Nc2c(OP(=O)(OCc3ccccc3)OCc3ccccc3)cc(OP(=O)(OCc3ccccc3)OCc3ccccc3)cc21. The largest absolute Gasteiger partial charge is 0.530 e. The smallest absolute Gasteiger partial charge is 0.506 e. The van der Waals surface area contributed by atoms with Crippen LogP contribution < -0.4 is 19.3 Å². The summed E-state index contributed by atoms with van der Waals surface area (Å²) in [5.41, 5.74) is 6.96. The standard InChI is InChI=1S/C56H60N2O10P2/c1-42(2)20-17-21-43(3)22-18-23-44(4)34-35-58-51-36-49(67-69(61,63-38-45-24-9-5-10-25-45)64-39-46-26-11-6-12-27-46)37-53(55(51)57-54-50(56(58)60)32-19-33-52(54)59)68-70(62,65-40-47-28-13-7-14-29-47)66-41-48-30-15-8-16-31-48/h5-16,19-20,22,24-34,36-37,57,59H,17-18,21,23,35,38-41H2,1-4H3. The number of fused-ring (bicyclic) bond motifs is 2. The van der Waals surface area contributed by atoms with E-state index in [0.29, 0.717) is 22.3 Å². The van der Waals surface area contributed by atoms with Crippen LogP contribution in [-0.2, 0) is 53.7 Å². The van der Waals surface area contributed by atoms with Crippen LogP contribution in [0.25, 0.3) is 0 Å². The van der Waals surface area contributed by atoms with Crippen LogP contribution in [0.4, 0.5) is 17.1 Å². The van der Waals surface area contributed by atoms with Crippen molar-refractivity contribution in [3.63, 3.8) is 0 Å². The molecule has 6 aromatic rings. The van der Waals surface area contributed by atoms with Gasteiger partial charge in [-0.15, -0.1) is 0 Å². The third-order valence-electron chi connectivity index (χ3n) is 11.2. The molecule has 6 aromatic carbocycles. The second kappa shape index (κ2) is 24.9. The Kier molecular flexibility index (Phi) is 18.3. The molecule has 364 valence electrons. The average Bonchev–Trinajstić information content (AvgIpc) is 3.48. The Labute approximate surface area is 411 Å². The highest BCUT2D eigenvalue weighted by Crippen LogP contribution is 2.58. The van der Waals surface area contributed by atoms with Gasteiger partial charge in [0.05, 0.1) is 43.4 Å². The molecule has 0 saturated carbocycles. The first-order valence-corrected chi connectivity index (χ1v) is 26.1. The molecule has 1 aliphatic heterocycles. The number of phosphoric acid groups is 2. The molecule has 0 radical (unpaired) electrons. The van der Waals surface area contributed by atoms with Gasteiger partial charge in [-0.2, -0.15) is 0 Å². The van der Waals surface area contributed by atoms with E-state index in [1.807, 2.05) is 134 Å². The number of amides is 1. The van der Waals surface area contributed by atoms with Crippen LogP contribution in [0.3, 0.4) is 0 Å². The Hall–Kier alpha value is -6.49. The highest BCUT2D eigenvalue weighted by atomic mass is 31.2. The molecule has 1 amide bonds. The normalized spacial score (nSPS) is 12.9. The molecule has 0 fully saturated rings. The van der Waals surface area contributed by atoms with Gasteiger partial charge in [-0.25, -0.2) is 9.13 Å². The number of anilines is 3. The molecule has 0 atom stereocenters. The van der Waals surface area contributed by atoms with E-state index >= 15 is 4.57 Å².